The van der Waals surface area contributed by atoms with Gasteiger partial charge in [0, 0.05) is 36.9 Å². The van der Waals surface area contributed by atoms with Crippen molar-refractivity contribution in [2.45, 2.75) is 61.8 Å². The van der Waals surface area contributed by atoms with Crippen LogP contribution in [0.4, 0.5) is 0 Å². The first-order chi connectivity index (χ1) is 17.6. The lowest BCUT2D eigenvalue weighted by Crippen LogP contribution is -2.32. The summed E-state index contributed by atoms with van der Waals surface area (Å²) in [6.07, 6.45) is 7.73. The zero-order valence-corrected chi connectivity index (χ0v) is 21.5. The van der Waals surface area contributed by atoms with Gasteiger partial charge in [-0.15, -0.1) is 0 Å². The molecule has 36 heavy (non-hydrogen) atoms. The Morgan fingerprint density at radius 3 is 2.50 bits per heavy atom. The summed E-state index contributed by atoms with van der Waals surface area (Å²) in [4.78, 5) is 5.39. The molecule has 2 atom stereocenters. The molecule has 2 unspecified atom stereocenters. The van der Waals surface area contributed by atoms with E-state index in [1.807, 2.05) is 36.4 Å². The average molecular weight is 502 g/mol. The molecule has 2 fully saturated rings. The van der Waals surface area contributed by atoms with Crippen LogP contribution in [0.1, 0.15) is 55.6 Å². The number of nitrogens with zero attached hydrogens (tertiary/aromatic N) is 1. The molecule has 1 saturated heterocycles. The number of amidine groups is 1. The second-order valence-corrected chi connectivity index (χ2v) is 12.5. The number of aliphatic imine (C=N–C) groups is 1. The number of nitrogens with one attached hydrogen (secondary N) is 2. The second-order valence-electron chi connectivity index (χ2n) is 10.8. The summed E-state index contributed by atoms with van der Waals surface area (Å²) >= 11 is 0. The molecule has 5 nitrogen and oxygen atoms in total. The topological polar surface area (TPSA) is 70.6 Å². The third kappa shape index (κ3) is 4.81. The van der Waals surface area contributed by atoms with E-state index in [1.165, 1.54) is 23.4 Å². The first kappa shape index (κ1) is 23.7. The zero-order chi connectivity index (χ0) is 24.5. The van der Waals surface area contributed by atoms with Gasteiger partial charge in [-0.05, 0) is 72.9 Å². The fraction of sp³-hybridized carbons (Fsp3) is 0.433. The quantitative estimate of drug-likeness (QED) is 0.474. The van der Waals surface area contributed by atoms with Crippen molar-refractivity contribution in [1.29, 1.82) is 0 Å². The zero-order valence-electron chi connectivity index (χ0n) is 20.7. The summed E-state index contributed by atoms with van der Waals surface area (Å²) in [5, 5.41) is 5.44. The molecular weight excluding hydrogens is 466 g/mol. The monoisotopic (exact) mass is 501 g/mol. The predicted octanol–water partition coefficient (Wildman–Crippen LogP) is 5.41. The van der Waals surface area contributed by atoms with Gasteiger partial charge >= 0.3 is 0 Å². The highest BCUT2D eigenvalue weighted by atomic mass is 32.2. The summed E-state index contributed by atoms with van der Waals surface area (Å²) in [6, 6.07) is 22.5. The molecule has 0 bridgehead atoms. The van der Waals surface area contributed by atoms with Gasteiger partial charge in [0.05, 0.1) is 10.7 Å². The maximum absolute atomic E-state index is 13.1. The smallest absolute Gasteiger partial charge is 0.241 e. The number of hydrogen-bond donors (Lipinski definition) is 2. The Bertz CT molecular complexity index is 1370. The van der Waals surface area contributed by atoms with Crippen molar-refractivity contribution in [3.8, 4) is 0 Å². The predicted molar refractivity (Wildman–Crippen MR) is 146 cm³/mol. The number of benzene rings is 3. The molecular formula is C30H35N3O2S. The van der Waals surface area contributed by atoms with Crippen molar-refractivity contribution < 1.29 is 8.42 Å². The minimum absolute atomic E-state index is 0.373. The number of aryl methyl sites for hydroxylation is 1. The first-order valence-electron chi connectivity index (χ1n) is 13.4. The summed E-state index contributed by atoms with van der Waals surface area (Å²) in [5.41, 5.74) is 3.02. The van der Waals surface area contributed by atoms with E-state index in [4.69, 9.17) is 4.99 Å². The van der Waals surface area contributed by atoms with Crippen molar-refractivity contribution in [3.63, 3.8) is 0 Å². The van der Waals surface area contributed by atoms with Gasteiger partial charge in [-0.25, -0.2) is 13.1 Å². The summed E-state index contributed by atoms with van der Waals surface area (Å²) in [6.45, 7) is 1.40. The van der Waals surface area contributed by atoms with Crippen LogP contribution >= 0.6 is 0 Å². The van der Waals surface area contributed by atoms with Crippen LogP contribution in [-0.4, -0.2) is 33.4 Å². The van der Waals surface area contributed by atoms with E-state index in [1.54, 1.807) is 6.07 Å². The van der Waals surface area contributed by atoms with Gasteiger partial charge in [-0.3, -0.25) is 4.99 Å². The van der Waals surface area contributed by atoms with Crippen molar-refractivity contribution in [1.82, 2.24) is 10.0 Å². The second kappa shape index (κ2) is 9.98. The Morgan fingerprint density at radius 2 is 1.61 bits per heavy atom. The highest BCUT2D eigenvalue weighted by Crippen LogP contribution is 2.38. The first-order valence-corrected chi connectivity index (χ1v) is 14.9. The maximum Gasteiger partial charge on any atom is 0.241 e. The molecule has 1 aliphatic heterocycles. The van der Waals surface area contributed by atoms with Crippen LogP contribution in [0.15, 0.2) is 76.6 Å². The van der Waals surface area contributed by atoms with E-state index in [9.17, 15) is 8.42 Å². The third-order valence-electron chi connectivity index (χ3n) is 8.54. The van der Waals surface area contributed by atoms with Crippen LogP contribution in [0.3, 0.4) is 0 Å². The molecule has 2 aliphatic carbocycles. The van der Waals surface area contributed by atoms with E-state index in [2.05, 4.69) is 34.3 Å². The fourth-order valence-electron chi connectivity index (χ4n) is 6.46. The van der Waals surface area contributed by atoms with E-state index in [0.717, 1.165) is 55.8 Å². The van der Waals surface area contributed by atoms with Gasteiger partial charge in [0.15, 0.2) is 0 Å². The molecule has 0 spiro atoms. The summed E-state index contributed by atoms with van der Waals surface area (Å²) in [7, 11) is -3.53. The molecule has 6 rings (SSSR count). The van der Waals surface area contributed by atoms with E-state index >= 15 is 0 Å². The standard InChI is InChI=1S/C30H35N3O2S/c34-36(35,29-11-5-8-23-6-2-4-10-26(23)29)32-20-22-14-12-21(13-15-22)19-31-30-18-27-25-9-3-1-7-24(25)16-17-28(27)33-30/h1-11,21-22,27-28,32H,12-20H2,(H,31,33). The molecule has 0 radical (unpaired) electrons. The Morgan fingerprint density at radius 1 is 0.861 bits per heavy atom. The Hall–Kier alpha value is -2.70. The number of hydrogen-bond acceptors (Lipinski definition) is 3. The van der Waals surface area contributed by atoms with Crippen molar-refractivity contribution >= 4 is 26.6 Å². The molecule has 0 aromatic heterocycles. The molecule has 6 heteroatoms. The van der Waals surface area contributed by atoms with Crippen LogP contribution in [0.5, 0.6) is 0 Å². The lowest BCUT2D eigenvalue weighted by atomic mass is 9.80. The molecule has 3 aromatic carbocycles. The number of fused-ring (bicyclic) bond motifs is 4. The summed E-state index contributed by atoms with van der Waals surface area (Å²) in [5.74, 6) is 2.74. The molecule has 0 amide bonds. The van der Waals surface area contributed by atoms with Gasteiger partial charge in [-0.2, -0.15) is 0 Å². The molecule has 1 heterocycles. The van der Waals surface area contributed by atoms with Crippen molar-refractivity contribution in [2.75, 3.05) is 13.1 Å². The van der Waals surface area contributed by atoms with E-state index < -0.39 is 10.0 Å². The molecule has 188 valence electrons. The largest absolute Gasteiger partial charge is 0.370 e. The van der Waals surface area contributed by atoms with E-state index in [0.29, 0.717) is 35.2 Å². The van der Waals surface area contributed by atoms with E-state index in [-0.39, 0.29) is 0 Å². The average Bonchev–Trinajstić information content (AvgIpc) is 3.35. The lowest BCUT2D eigenvalue weighted by molar-refractivity contribution is 0.280. The minimum Gasteiger partial charge on any atom is -0.370 e. The highest BCUT2D eigenvalue weighted by molar-refractivity contribution is 7.89. The molecule has 1 saturated carbocycles. The van der Waals surface area contributed by atoms with Crippen LogP contribution in [0.2, 0.25) is 0 Å². The Balaban J connectivity index is 1.00. The Kier molecular flexibility index (Phi) is 6.57. The lowest BCUT2D eigenvalue weighted by Gasteiger charge is -2.28. The molecule has 3 aromatic rings. The van der Waals surface area contributed by atoms with Gasteiger partial charge in [0.2, 0.25) is 10.0 Å². The number of sulfonamides is 1. The molecule has 2 N–H and O–H groups in total. The SMILES string of the molecule is O=S(=O)(NCC1CCC(CN=C2CC3c4ccccc4CCC3N2)CC1)c1cccc2ccccc12. The van der Waals surface area contributed by atoms with Crippen LogP contribution in [0.25, 0.3) is 10.8 Å². The van der Waals surface area contributed by atoms with Gasteiger partial charge in [0.1, 0.15) is 0 Å². The van der Waals surface area contributed by atoms with Crippen LogP contribution < -0.4 is 10.0 Å². The van der Waals surface area contributed by atoms with Crippen molar-refractivity contribution in [3.05, 3.63) is 77.9 Å². The third-order valence-corrected chi connectivity index (χ3v) is 10.0. The maximum atomic E-state index is 13.1. The fourth-order valence-corrected chi connectivity index (χ4v) is 7.81. The number of rotatable bonds is 6. The highest BCUT2D eigenvalue weighted by Gasteiger charge is 2.36. The summed E-state index contributed by atoms with van der Waals surface area (Å²) < 4.78 is 29.0. The molecule has 3 aliphatic rings. The minimum atomic E-state index is -3.53. The van der Waals surface area contributed by atoms with Gasteiger partial charge in [-0.1, -0.05) is 60.7 Å². The van der Waals surface area contributed by atoms with Crippen LogP contribution in [0, 0.1) is 11.8 Å². The van der Waals surface area contributed by atoms with Gasteiger partial charge in [0.25, 0.3) is 0 Å². The van der Waals surface area contributed by atoms with Gasteiger partial charge < -0.3 is 5.32 Å². The van der Waals surface area contributed by atoms with Crippen molar-refractivity contribution in [2.24, 2.45) is 16.8 Å². The normalized spacial score (nSPS) is 26.9. The Labute approximate surface area is 214 Å². The van der Waals surface area contributed by atoms with Crippen LogP contribution in [-0.2, 0) is 16.4 Å².